The third kappa shape index (κ3) is 12.7. The monoisotopic (exact) mass is 886 g/mol. The van der Waals surface area contributed by atoms with Crippen molar-refractivity contribution < 1.29 is 0 Å². The summed E-state index contributed by atoms with van der Waals surface area (Å²) in [6, 6.07) is 59.6. The molecule has 0 aliphatic rings. The van der Waals surface area contributed by atoms with Crippen molar-refractivity contribution >= 4 is 69.6 Å². The van der Waals surface area contributed by atoms with Gasteiger partial charge >= 0.3 is 0 Å². The van der Waals surface area contributed by atoms with Crippen molar-refractivity contribution in [3.63, 3.8) is 0 Å². The Morgan fingerprint density at radius 2 is 0.672 bits per heavy atom. The quantitative estimate of drug-likeness (QED) is 0.0375. The molecule has 5 aromatic carbocycles. The number of para-hydroxylation sites is 1. The molecule has 0 amide bonds. The predicted octanol–water partition coefficient (Wildman–Crippen LogP) is 15.3. The second-order valence-corrected chi connectivity index (χ2v) is 31.7. The highest BCUT2D eigenvalue weighted by Crippen LogP contribution is 2.57. The van der Waals surface area contributed by atoms with Crippen molar-refractivity contribution in [1.29, 1.82) is 0 Å². The molecule has 0 heterocycles. The summed E-state index contributed by atoms with van der Waals surface area (Å²) < 4.78 is 2.92. The van der Waals surface area contributed by atoms with Gasteiger partial charge in [0.15, 0.2) is 0 Å². The normalized spacial score (nSPS) is 12.1. The fourth-order valence-corrected chi connectivity index (χ4v) is 27.1. The van der Waals surface area contributed by atoms with Crippen molar-refractivity contribution in [3.05, 3.63) is 139 Å². The van der Waals surface area contributed by atoms with Crippen LogP contribution in [0.4, 0.5) is 5.69 Å². The zero-order valence-electron chi connectivity index (χ0n) is 39.7. The van der Waals surface area contributed by atoms with Crippen molar-refractivity contribution in [2.45, 2.75) is 169 Å². The van der Waals surface area contributed by atoms with Gasteiger partial charge in [-0.05, 0) is 37.1 Å². The van der Waals surface area contributed by atoms with E-state index >= 15 is 0 Å². The van der Waals surface area contributed by atoms with Crippen molar-refractivity contribution in [2.75, 3.05) is 4.44 Å². The van der Waals surface area contributed by atoms with Crippen LogP contribution in [0.3, 0.4) is 0 Å². The van der Waals surface area contributed by atoms with Crippen LogP contribution >= 0.6 is 16.1 Å². The summed E-state index contributed by atoms with van der Waals surface area (Å²) in [5.41, 5.74) is 4.06. The molecule has 0 saturated heterocycles. The number of nitrogens with zero attached hydrogens (tertiary/aromatic N) is 1. The molecular formula is C56H81NP2Si2. The third-order valence-corrected chi connectivity index (χ3v) is 30.3. The maximum absolute atomic E-state index is 2.92. The number of hydrogen-bond donors (Lipinski definition) is 0. The van der Waals surface area contributed by atoms with Crippen LogP contribution in [-0.2, 0) is 0 Å². The minimum atomic E-state index is -1.66. The average Bonchev–Trinajstić information content (AvgIpc) is 3.30. The Labute approximate surface area is 379 Å². The standard InChI is InChI=1S/C56H81NP2Si2/c1-9-15-42-60(43-16-10-2,44-17-11-3)53-38-34-51(35-39-53)58(52-36-40-54(41-37-52)61(45-18-12-4,46-19-13-5)47-20-14-6)57(50-30-22-21-23-31-50)59(55-32-26-24-28-48(55)7)56-33-27-25-29-49(56)8/h21-41H,9-20,42-47H2,1-8H3. The lowest BCUT2D eigenvalue weighted by molar-refractivity contribution is 0.800. The molecule has 0 saturated carbocycles. The molecule has 0 aromatic heterocycles. The fraction of sp³-hybridized carbons (Fsp3) is 0.464. The highest BCUT2D eigenvalue weighted by Gasteiger charge is 2.38. The van der Waals surface area contributed by atoms with Crippen LogP contribution in [-0.4, -0.2) is 16.1 Å². The van der Waals surface area contributed by atoms with Crippen LogP contribution in [0.5, 0.6) is 0 Å². The van der Waals surface area contributed by atoms with Gasteiger partial charge in [-0.25, -0.2) is 0 Å². The molecule has 328 valence electrons. The molecule has 0 atom stereocenters. The summed E-state index contributed by atoms with van der Waals surface area (Å²) in [6.45, 7) is 19.0. The molecule has 0 unspecified atom stereocenters. The number of rotatable bonds is 27. The molecule has 0 aliphatic carbocycles. The third-order valence-electron chi connectivity index (χ3n) is 13.6. The topological polar surface area (TPSA) is 3.24 Å². The Bertz CT molecular complexity index is 1810. The highest BCUT2D eigenvalue weighted by molar-refractivity contribution is 7.91. The zero-order chi connectivity index (χ0) is 43.5. The Morgan fingerprint density at radius 3 is 0.984 bits per heavy atom. The smallest absolute Gasteiger partial charge is 0.0867 e. The molecule has 1 nitrogen and oxygen atoms in total. The van der Waals surface area contributed by atoms with Crippen molar-refractivity contribution in [1.82, 2.24) is 0 Å². The number of benzene rings is 5. The molecule has 0 bridgehead atoms. The predicted molar refractivity (Wildman–Crippen MR) is 286 cm³/mol. The summed E-state index contributed by atoms with van der Waals surface area (Å²) in [5.74, 6) is 0. The van der Waals surface area contributed by atoms with E-state index in [1.807, 2.05) is 0 Å². The molecule has 0 aliphatic heterocycles. The Hall–Kier alpha value is -2.81. The second-order valence-electron chi connectivity index (χ2n) is 18.1. The highest BCUT2D eigenvalue weighted by atomic mass is 31.2. The summed E-state index contributed by atoms with van der Waals surface area (Å²) >= 11 is 0. The van der Waals surface area contributed by atoms with E-state index in [4.69, 9.17) is 0 Å². The maximum atomic E-state index is 2.92. The lowest BCUT2D eigenvalue weighted by Gasteiger charge is -2.42. The van der Waals surface area contributed by atoms with Crippen LogP contribution in [0, 0.1) is 13.8 Å². The van der Waals surface area contributed by atoms with Gasteiger partial charge in [0.25, 0.3) is 0 Å². The molecular weight excluding hydrogens is 805 g/mol. The van der Waals surface area contributed by atoms with Crippen LogP contribution in [0.25, 0.3) is 0 Å². The first-order valence-corrected chi connectivity index (χ1v) is 32.4. The van der Waals surface area contributed by atoms with Gasteiger partial charge in [0.05, 0.1) is 32.3 Å². The minimum absolute atomic E-state index is 0.948. The maximum Gasteiger partial charge on any atom is 0.0867 e. The summed E-state index contributed by atoms with van der Waals surface area (Å²) in [4.78, 5) is 0. The summed E-state index contributed by atoms with van der Waals surface area (Å²) in [5, 5.41) is 9.27. The first kappa shape index (κ1) is 49.2. The van der Waals surface area contributed by atoms with E-state index in [-0.39, 0.29) is 0 Å². The molecule has 0 spiro atoms. The van der Waals surface area contributed by atoms with Crippen molar-refractivity contribution in [3.8, 4) is 0 Å². The van der Waals surface area contributed by atoms with E-state index in [0.29, 0.717) is 0 Å². The second kappa shape index (κ2) is 25.5. The van der Waals surface area contributed by atoms with Crippen LogP contribution in [0.1, 0.15) is 130 Å². The zero-order valence-corrected chi connectivity index (χ0v) is 43.5. The van der Waals surface area contributed by atoms with E-state index in [9.17, 15) is 0 Å². The molecule has 0 radical (unpaired) electrons. The van der Waals surface area contributed by atoms with Crippen LogP contribution < -0.4 is 36.0 Å². The van der Waals surface area contributed by atoms with Gasteiger partial charge in [-0.15, -0.1) is 0 Å². The van der Waals surface area contributed by atoms with E-state index in [1.165, 1.54) is 151 Å². The Kier molecular flexibility index (Phi) is 20.6. The number of aryl methyl sites for hydroxylation is 2. The molecule has 5 aromatic rings. The molecule has 61 heavy (non-hydrogen) atoms. The van der Waals surface area contributed by atoms with Gasteiger partial charge in [0.1, 0.15) is 0 Å². The molecule has 0 fully saturated rings. The Morgan fingerprint density at radius 1 is 0.361 bits per heavy atom. The van der Waals surface area contributed by atoms with Gasteiger partial charge in [-0.2, -0.15) is 0 Å². The van der Waals surface area contributed by atoms with E-state index in [0.717, 1.165) is 0 Å². The minimum Gasteiger partial charge on any atom is -0.313 e. The lowest BCUT2D eigenvalue weighted by Crippen LogP contribution is -2.48. The Balaban J connectivity index is 1.80. The van der Waals surface area contributed by atoms with Crippen LogP contribution in [0.2, 0.25) is 36.3 Å². The summed E-state index contributed by atoms with van der Waals surface area (Å²) in [7, 11) is -5.25. The molecule has 5 heteroatoms. The first-order chi connectivity index (χ1) is 29.8. The molecule has 5 rings (SSSR count). The van der Waals surface area contributed by atoms with Gasteiger partial charge in [-0.3, -0.25) is 0 Å². The van der Waals surface area contributed by atoms with Gasteiger partial charge < -0.3 is 4.44 Å². The fourth-order valence-electron chi connectivity index (χ4n) is 9.80. The van der Waals surface area contributed by atoms with Gasteiger partial charge in [-0.1, -0.05) is 280 Å². The SMILES string of the molecule is CCCC[Si](CCCC)(CCCC)c1ccc(P(c2ccc([Si](CCCC)(CCCC)CCCC)cc2)N(c2ccccc2)P(c2ccccc2C)c2ccccc2C)cc1. The average molecular weight is 886 g/mol. The number of unbranched alkanes of at least 4 members (excludes halogenated alkanes) is 6. The number of anilines is 1. The van der Waals surface area contributed by atoms with Gasteiger partial charge in [0, 0.05) is 26.9 Å². The van der Waals surface area contributed by atoms with E-state index in [2.05, 4.69) is 187 Å². The molecule has 0 N–H and O–H groups in total. The number of hydrogen-bond acceptors (Lipinski definition) is 1. The van der Waals surface area contributed by atoms with Crippen molar-refractivity contribution in [2.24, 2.45) is 0 Å². The van der Waals surface area contributed by atoms with Crippen LogP contribution in [0.15, 0.2) is 127 Å². The van der Waals surface area contributed by atoms with E-state index in [1.54, 1.807) is 10.4 Å². The van der Waals surface area contributed by atoms with Gasteiger partial charge in [0.2, 0.25) is 0 Å². The summed E-state index contributed by atoms with van der Waals surface area (Å²) in [6.07, 6.45) is 15.9. The first-order valence-electron chi connectivity index (χ1n) is 24.6. The largest absolute Gasteiger partial charge is 0.313 e. The van der Waals surface area contributed by atoms with E-state index < -0.39 is 32.3 Å². The lowest BCUT2D eigenvalue weighted by atomic mass is 10.2.